The molecule has 5 nitrogen and oxygen atoms in total. The highest BCUT2D eigenvalue weighted by atomic mass is 35.5. The van der Waals surface area contributed by atoms with Crippen molar-refractivity contribution in [2.75, 3.05) is 13.1 Å². The number of aromatic nitrogens is 2. The zero-order valence-corrected chi connectivity index (χ0v) is 14.4. The van der Waals surface area contributed by atoms with Crippen LogP contribution in [0.3, 0.4) is 0 Å². The zero-order chi connectivity index (χ0) is 17.3. The summed E-state index contributed by atoms with van der Waals surface area (Å²) in [6.45, 7) is 0.0287. The highest BCUT2D eigenvalue weighted by Gasteiger charge is 2.43. The first-order valence-electron chi connectivity index (χ1n) is 7.27. The highest BCUT2D eigenvalue weighted by Crippen LogP contribution is 2.27. The van der Waals surface area contributed by atoms with Gasteiger partial charge in [-0.2, -0.15) is 13.2 Å². The number of hydrogen-bond acceptors (Lipinski definition) is 4. The number of hydrogen-bond donors (Lipinski definition) is 0. The van der Waals surface area contributed by atoms with Crippen molar-refractivity contribution in [1.29, 1.82) is 0 Å². The van der Waals surface area contributed by atoms with E-state index in [1.165, 1.54) is 6.33 Å². The standard InChI is InChI=1S/C15H13ClF3N3O2.ClH/c16-13-11-7-10(1-2-12(11)20-8-21-13)24-9-3-5-22(6-4-9)14(23)15(17,18)19;/h1-2,7-9H,3-6H2;1H. The van der Waals surface area contributed by atoms with Gasteiger partial charge in [-0.3, -0.25) is 4.79 Å². The Morgan fingerprint density at radius 2 is 1.92 bits per heavy atom. The topological polar surface area (TPSA) is 55.3 Å². The largest absolute Gasteiger partial charge is 0.490 e. The molecule has 10 heteroatoms. The van der Waals surface area contributed by atoms with Gasteiger partial charge in [0.05, 0.1) is 5.52 Å². The maximum absolute atomic E-state index is 12.4. The van der Waals surface area contributed by atoms with Gasteiger partial charge in [-0.15, -0.1) is 12.4 Å². The van der Waals surface area contributed by atoms with Crippen molar-refractivity contribution in [3.63, 3.8) is 0 Å². The van der Waals surface area contributed by atoms with Gasteiger partial charge in [0, 0.05) is 31.3 Å². The average molecular weight is 396 g/mol. The fraction of sp³-hybridized carbons (Fsp3) is 0.400. The first-order valence-corrected chi connectivity index (χ1v) is 7.65. The molecule has 1 fully saturated rings. The van der Waals surface area contributed by atoms with Gasteiger partial charge in [-0.05, 0) is 18.2 Å². The summed E-state index contributed by atoms with van der Waals surface area (Å²) in [5, 5.41) is 0.942. The summed E-state index contributed by atoms with van der Waals surface area (Å²) in [7, 11) is 0. The second-order valence-electron chi connectivity index (χ2n) is 5.45. The Morgan fingerprint density at radius 3 is 2.56 bits per heavy atom. The first kappa shape index (κ1) is 19.5. The number of ether oxygens (including phenoxy) is 1. The molecule has 0 spiro atoms. The van der Waals surface area contributed by atoms with Crippen LogP contribution in [0, 0.1) is 0 Å². The summed E-state index contributed by atoms with van der Waals surface area (Å²) >= 11 is 6.01. The molecular formula is C15H14Cl2F3N3O2. The number of amides is 1. The molecule has 0 radical (unpaired) electrons. The van der Waals surface area contributed by atoms with Gasteiger partial charge in [-0.25, -0.2) is 9.97 Å². The molecule has 0 bridgehead atoms. The quantitative estimate of drug-likeness (QED) is 0.728. The summed E-state index contributed by atoms with van der Waals surface area (Å²) < 4.78 is 43.0. The van der Waals surface area contributed by atoms with Gasteiger partial charge >= 0.3 is 12.1 Å². The zero-order valence-electron chi connectivity index (χ0n) is 12.8. The number of nitrogens with zero attached hydrogens (tertiary/aromatic N) is 3. The highest BCUT2D eigenvalue weighted by molar-refractivity contribution is 6.34. The number of carbonyl (C=O) groups excluding carboxylic acids is 1. The third-order valence-corrected chi connectivity index (χ3v) is 4.13. The Kier molecular flexibility index (Phi) is 5.95. The van der Waals surface area contributed by atoms with Crippen LogP contribution >= 0.6 is 24.0 Å². The van der Waals surface area contributed by atoms with E-state index in [1.807, 2.05) is 0 Å². The molecule has 0 saturated carbocycles. The fourth-order valence-corrected chi connectivity index (χ4v) is 2.82. The van der Waals surface area contributed by atoms with Crippen molar-refractivity contribution in [3.8, 4) is 5.75 Å². The Labute approximate surface area is 152 Å². The van der Waals surface area contributed by atoms with Gasteiger partial charge in [0.1, 0.15) is 23.3 Å². The second kappa shape index (κ2) is 7.61. The van der Waals surface area contributed by atoms with E-state index in [0.717, 1.165) is 4.90 Å². The van der Waals surface area contributed by atoms with E-state index in [0.29, 0.717) is 34.6 Å². The molecule has 0 aliphatic carbocycles. The molecule has 2 heterocycles. The number of likely N-dealkylation sites (tertiary alicyclic amines) is 1. The van der Waals surface area contributed by atoms with Crippen LogP contribution in [0.2, 0.25) is 5.15 Å². The van der Waals surface area contributed by atoms with Crippen molar-refractivity contribution in [1.82, 2.24) is 14.9 Å². The first-order chi connectivity index (χ1) is 11.3. The molecular weight excluding hydrogens is 382 g/mol. The number of alkyl halides is 3. The van der Waals surface area contributed by atoms with Gasteiger partial charge in [-0.1, -0.05) is 11.6 Å². The lowest BCUT2D eigenvalue weighted by Crippen LogP contribution is -2.47. The Bertz CT molecular complexity index is 765. The van der Waals surface area contributed by atoms with Gasteiger partial charge in [0.25, 0.3) is 0 Å². The van der Waals surface area contributed by atoms with Crippen LogP contribution in [0.1, 0.15) is 12.8 Å². The van der Waals surface area contributed by atoms with E-state index in [-0.39, 0.29) is 31.6 Å². The van der Waals surface area contributed by atoms with Crippen molar-refractivity contribution < 1.29 is 22.7 Å². The summed E-state index contributed by atoms with van der Waals surface area (Å²) in [6.07, 6.45) is -3.07. The molecule has 1 aliphatic heterocycles. The Balaban J connectivity index is 0.00000225. The summed E-state index contributed by atoms with van der Waals surface area (Å²) in [6, 6.07) is 5.16. The third-order valence-electron chi connectivity index (χ3n) is 3.83. The summed E-state index contributed by atoms with van der Waals surface area (Å²) in [5.41, 5.74) is 0.674. The predicted molar refractivity (Wildman–Crippen MR) is 88.1 cm³/mol. The number of carbonyl (C=O) groups is 1. The molecule has 1 aromatic heterocycles. The minimum atomic E-state index is -4.83. The van der Waals surface area contributed by atoms with Crippen LogP contribution in [-0.4, -0.2) is 46.1 Å². The maximum Gasteiger partial charge on any atom is 0.471 e. The monoisotopic (exact) mass is 395 g/mol. The smallest absolute Gasteiger partial charge is 0.471 e. The molecule has 2 aromatic rings. The van der Waals surface area contributed by atoms with E-state index >= 15 is 0 Å². The molecule has 25 heavy (non-hydrogen) atoms. The molecule has 0 unspecified atom stereocenters. The van der Waals surface area contributed by atoms with Crippen molar-refractivity contribution in [2.45, 2.75) is 25.1 Å². The molecule has 1 aromatic carbocycles. The normalized spacial score (nSPS) is 15.8. The second-order valence-corrected chi connectivity index (χ2v) is 5.81. The van der Waals surface area contributed by atoms with Gasteiger partial charge in [0.2, 0.25) is 0 Å². The lowest BCUT2D eigenvalue weighted by atomic mass is 10.1. The number of fused-ring (bicyclic) bond motifs is 1. The van der Waals surface area contributed by atoms with Gasteiger partial charge < -0.3 is 9.64 Å². The number of halogens is 5. The number of benzene rings is 1. The average Bonchev–Trinajstić information content (AvgIpc) is 2.55. The van der Waals surface area contributed by atoms with Crippen LogP contribution in [0.5, 0.6) is 5.75 Å². The van der Waals surface area contributed by atoms with Crippen LogP contribution in [0.15, 0.2) is 24.5 Å². The Hall–Kier alpha value is -1.80. The molecule has 0 atom stereocenters. The number of piperidine rings is 1. The molecule has 1 amide bonds. The molecule has 3 rings (SSSR count). The molecule has 136 valence electrons. The molecule has 1 aliphatic rings. The third kappa shape index (κ3) is 4.43. The predicted octanol–water partition coefficient (Wildman–Crippen LogP) is 3.64. The van der Waals surface area contributed by atoms with E-state index in [2.05, 4.69) is 9.97 Å². The lowest BCUT2D eigenvalue weighted by Gasteiger charge is -2.32. The lowest BCUT2D eigenvalue weighted by molar-refractivity contribution is -0.187. The molecule has 0 N–H and O–H groups in total. The van der Waals surface area contributed by atoms with Crippen LogP contribution in [-0.2, 0) is 4.79 Å². The maximum atomic E-state index is 12.4. The minimum Gasteiger partial charge on any atom is -0.490 e. The van der Waals surface area contributed by atoms with Crippen molar-refractivity contribution >= 4 is 40.8 Å². The number of rotatable bonds is 2. The van der Waals surface area contributed by atoms with E-state index in [1.54, 1.807) is 18.2 Å². The van der Waals surface area contributed by atoms with Crippen molar-refractivity contribution in [2.24, 2.45) is 0 Å². The van der Waals surface area contributed by atoms with Crippen LogP contribution in [0.25, 0.3) is 10.9 Å². The summed E-state index contributed by atoms with van der Waals surface area (Å²) in [4.78, 5) is 20.0. The van der Waals surface area contributed by atoms with E-state index in [9.17, 15) is 18.0 Å². The molecule has 1 saturated heterocycles. The Morgan fingerprint density at radius 1 is 1.24 bits per heavy atom. The van der Waals surface area contributed by atoms with E-state index < -0.39 is 12.1 Å². The van der Waals surface area contributed by atoms with Crippen molar-refractivity contribution in [3.05, 3.63) is 29.7 Å². The minimum absolute atomic E-state index is 0. The van der Waals surface area contributed by atoms with E-state index in [4.69, 9.17) is 16.3 Å². The van der Waals surface area contributed by atoms with Gasteiger partial charge in [0.15, 0.2) is 0 Å². The van der Waals surface area contributed by atoms with Crippen LogP contribution in [0.4, 0.5) is 13.2 Å². The summed E-state index contributed by atoms with van der Waals surface area (Å²) in [5.74, 6) is -1.25. The van der Waals surface area contributed by atoms with Crippen LogP contribution < -0.4 is 4.74 Å². The fourth-order valence-electron chi connectivity index (χ4n) is 2.63. The SMILES string of the molecule is Cl.O=C(N1CCC(Oc2ccc3ncnc(Cl)c3c2)CC1)C(F)(F)F.